The van der Waals surface area contributed by atoms with Crippen molar-refractivity contribution in [3.63, 3.8) is 0 Å². The van der Waals surface area contributed by atoms with Crippen LogP contribution in [0.25, 0.3) is 0 Å². The lowest BCUT2D eigenvalue weighted by atomic mass is 10.1. The van der Waals surface area contributed by atoms with E-state index in [2.05, 4.69) is 21.7 Å². The first-order valence-corrected chi connectivity index (χ1v) is 9.60. The molecule has 2 aliphatic carbocycles. The van der Waals surface area contributed by atoms with Gasteiger partial charge >= 0.3 is 0 Å². The summed E-state index contributed by atoms with van der Waals surface area (Å²) >= 11 is 0. The van der Waals surface area contributed by atoms with E-state index >= 15 is 0 Å². The molecular weight excluding hydrogens is 314 g/mol. The molecule has 0 bridgehead atoms. The van der Waals surface area contributed by atoms with Gasteiger partial charge in [0.25, 0.3) is 0 Å². The SMILES string of the molecule is CN=C(NCc1cccc(OC)c1OC1CCCC1)NC1CCCC1. The Kier molecular flexibility index (Phi) is 6.42. The monoisotopic (exact) mass is 345 g/mol. The number of ether oxygens (including phenoxy) is 2. The summed E-state index contributed by atoms with van der Waals surface area (Å²) < 4.78 is 11.8. The zero-order valence-corrected chi connectivity index (χ0v) is 15.5. The average Bonchev–Trinajstić information content (AvgIpc) is 3.33. The Morgan fingerprint density at radius 3 is 2.52 bits per heavy atom. The van der Waals surface area contributed by atoms with Gasteiger partial charge in [-0.2, -0.15) is 0 Å². The van der Waals surface area contributed by atoms with Crippen LogP contribution in [0, 0.1) is 0 Å². The van der Waals surface area contributed by atoms with Gasteiger partial charge in [-0.3, -0.25) is 4.99 Å². The smallest absolute Gasteiger partial charge is 0.191 e. The number of guanidine groups is 1. The quantitative estimate of drug-likeness (QED) is 0.611. The molecule has 0 atom stereocenters. The normalized spacial score (nSPS) is 19.2. The minimum atomic E-state index is 0.311. The van der Waals surface area contributed by atoms with Crippen molar-refractivity contribution in [3.05, 3.63) is 23.8 Å². The maximum absolute atomic E-state index is 6.30. The molecule has 25 heavy (non-hydrogen) atoms. The number of aliphatic imine (C=N–C) groups is 1. The highest BCUT2D eigenvalue weighted by Gasteiger charge is 2.21. The summed E-state index contributed by atoms with van der Waals surface area (Å²) in [6.45, 7) is 0.672. The third-order valence-electron chi connectivity index (χ3n) is 5.23. The van der Waals surface area contributed by atoms with E-state index in [4.69, 9.17) is 9.47 Å². The van der Waals surface area contributed by atoms with Crippen molar-refractivity contribution in [1.29, 1.82) is 0 Å². The van der Waals surface area contributed by atoms with E-state index in [0.29, 0.717) is 18.7 Å². The van der Waals surface area contributed by atoms with Crippen molar-refractivity contribution in [1.82, 2.24) is 10.6 Å². The fraction of sp³-hybridized carbons (Fsp3) is 0.650. The maximum atomic E-state index is 6.30. The van der Waals surface area contributed by atoms with Crippen LogP contribution in [0.3, 0.4) is 0 Å². The lowest BCUT2D eigenvalue weighted by molar-refractivity contribution is 0.198. The molecular formula is C20H31N3O2. The first-order valence-electron chi connectivity index (χ1n) is 9.60. The van der Waals surface area contributed by atoms with Crippen LogP contribution in [0.5, 0.6) is 11.5 Å². The number of para-hydroxylation sites is 1. The summed E-state index contributed by atoms with van der Waals surface area (Å²) in [5, 5.41) is 6.96. The van der Waals surface area contributed by atoms with Crippen molar-refractivity contribution in [2.75, 3.05) is 14.2 Å². The molecule has 5 nitrogen and oxygen atoms in total. The minimum absolute atomic E-state index is 0.311. The molecule has 2 aliphatic rings. The van der Waals surface area contributed by atoms with E-state index < -0.39 is 0 Å². The second kappa shape index (κ2) is 8.97. The van der Waals surface area contributed by atoms with E-state index in [0.717, 1.165) is 35.9 Å². The number of hydrogen-bond acceptors (Lipinski definition) is 3. The molecule has 2 saturated carbocycles. The average molecular weight is 345 g/mol. The van der Waals surface area contributed by atoms with E-state index in [1.54, 1.807) is 7.11 Å². The topological polar surface area (TPSA) is 54.9 Å². The van der Waals surface area contributed by atoms with Crippen LogP contribution >= 0.6 is 0 Å². The fourth-order valence-corrected chi connectivity index (χ4v) is 3.80. The molecule has 0 saturated heterocycles. The molecule has 0 spiro atoms. The Balaban J connectivity index is 1.65. The van der Waals surface area contributed by atoms with E-state index in [1.165, 1.54) is 38.5 Å². The maximum Gasteiger partial charge on any atom is 0.191 e. The number of nitrogens with zero attached hydrogens (tertiary/aromatic N) is 1. The van der Waals surface area contributed by atoms with Gasteiger partial charge in [0.1, 0.15) is 0 Å². The third-order valence-corrected chi connectivity index (χ3v) is 5.23. The highest BCUT2D eigenvalue weighted by atomic mass is 16.5. The van der Waals surface area contributed by atoms with Crippen molar-refractivity contribution >= 4 is 5.96 Å². The zero-order valence-electron chi connectivity index (χ0n) is 15.5. The Hall–Kier alpha value is -1.91. The Labute approximate surface area is 151 Å². The second-order valence-electron chi connectivity index (χ2n) is 7.02. The van der Waals surface area contributed by atoms with E-state index in [-0.39, 0.29) is 0 Å². The third kappa shape index (κ3) is 4.80. The number of hydrogen-bond donors (Lipinski definition) is 2. The summed E-state index contributed by atoms with van der Waals surface area (Å²) in [6, 6.07) is 6.64. The second-order valence-corrected chi connectivity index (χ2v) is 7.02. The lowest BCUT2D eigenvalue weighted by Crippen LogP contribution is -2.42. The molecule has 0 heterocycles. The van der Waals surface area contributed by atoms with Gasteiger partial charge in [0.2, 0.25) is 0 Å². The molecule has 0 aromatic heterocycles. The summed E-state index contributed by atoms with van der Waals surface area (Å²) in [7, 11) is 3.53. The predicted octanol–water partition coefficient (Wildman–Crippen LogP) is 3.62. The summed E-state index contributed by atoms with van der Waals surface area (Å²) in [5.74, 6) is 2.55. The van der Waals surface area contributed by atoms with Crippen LogP contribution in [-0.4, -0.2) is 32.3 Å². The van der Waals surface area contributed by atoms with Crippen molar-refractivity contribution < 1.29 is 9.47 Å². The fourth-order valence-electron chi connectivity index (χ4n) is 3.80. The number of benzene rings is 1. The van der Waals surface area contributed by atoms with E-state index in [9.17, 15) is 0 Å². The Morgan fingerprint density at radius 1 is 1.12 bits per heavy atom. The van der Waals surface area contributed by atoms with E-state index in [1.807, 2.05) is 19.2 Å². The van der Waals surface area contributed by atoms with Crippen LogP contribution in [0.15, 0.2) is 23.2 Å². The molecule has 2 fully saturated rings. The molecule has 5 heteroatoms. The number of nitrogens with one attached hydrogen (secondary N) is 2. The highest BCUT2D eigenvalue weighted by molar-refractivity contribution is 5.80. The van der Waals surface area contributed by atoms with Crippen LogP contribution < -0.4 is 20.1 Å². The summed E-state index contributed by atoms with van der Waals surface area (Å²) in [6.07, 6.45) is 10.2. The van der Waals surface area contributed by atoms with Gasteiger partial charge in [-0.25, -0.2) is 0 Å². The van der Waals surface area contributed by atoms with Crippen LogP contribution in [0.1, 0.15) is 56.9 Å². The van der Waals surface area contributed by atoms with Crippen LogP contribution in [-0.2, 0) is 6.54 Å². The standard InChI is InChI=1S/C20H31N3O2/c1-21-20(23-16-9-3-4-10-16)22-14-15-8-7-13-18(24-2)19(15)25-17-11-5-6-12-17/h7-8,13,16-17H,3-6,9-12,14H2,1-2H3,(H2,21,22,23). The predicted molar refractivity (Wildman–Crippen MR) is 101 cm³/mol. The van der Waals surface area contributed by atoms with Gasteiger partial charge in [0.15, 0.2) is 17.5 Å². The molecule has 0 unspecified atom stereocenters. The summed E-state index contributed by atoms with van der Waals surface area (Å²) in [5.41, 5.74) is 1.11. The lowest BCUT2D eigenvalue weighted by Gasteiger charge is -2.21. The van der Waals surface area contributed by atoms with Crippen LogP contribution in [0.4, 0.5) is 0 Å². The summed E-state index contributed by atoms with van der Waals surface area (Å²) in [4.78, 5) is 4.36. The van der Waals surface area contributed by atoms with Gasteiger partial charge in [0.05, 0.1) is 13.2 Å². The first kappa shape index (κ1) is 17.9. The number of methoxy groups -OCH3 is 1. The van der Waals surface area contributed by atoms with Crippen LogP contribution in [0.2, 0.25) is 0 Å². The molecule has 138 valence electrons. The molecule has 0 radical (unpaired) electrons. The van der Waals surface area contributed by atoms with Gasteiger partial charge in [-0.05, 0) is 44.6 Å². The molecule has 0 aliphatic heterocycles. The van der Waals surface area contributed by atoms with Gasteiger partial charge in [-0.15, -0.1) is 0 Å². The highest BCUT2D eigenvalue weighted by Crippen LogP contribution is 2.34. The molecule has 0 amide bonds. The zero-order chi connectivity index (χ0) is 17.5. The van der Waals surface area contributed by atoms with Crippen molar-refractivity contribution in [3.8, 4) is 11.5 Å². The van der Waals surface area contributed by atoms with Gasteiger partial charge in [0, 0.05) is 25.2 Å². The molecule has 3 rings (SSSR count). The molecule has 1 aromatic carbocycles. The largest absolute Gasteiger partial charge is 0.493 e. The van der Waals surface area contributed by atoms with Crippen molar-refractivity contribution in [2.24, 2.45) is 4.99 Å². The van der Waals surface area contributed by atoms with Crippen molar-refractivity contribution in [2.45, 2.75) is 70.1 Å². The Bertz CT molecular complexity index is 576. The number of rotatable bonds is 6. The first-order chi connectivity index (χ1) is 12.3. The Morgan fingerprint density at radius 2 is 1.84 bits per heavy atom. The molecule has 1 aromatic rings. The minimum Gasteiger partial charge on any atom is -0.493 e. The molecule has 2 N–H and O–H groups in total. The van der Waals surface area contributed by atoms with Gasteiger partial charge < -0.3 is 20.1 Å². The van der Waals surface area contributed by atoms with Gasteiger partial charge in [-0.1, -0.05) is 25.0 Å².